The molecule has 1 aromatic rings. The van der Waals surface area contributed by atoms with Crippen molar-refractivity contribution in [1.29, 1.82) is 0 Å². The van der Waals surface area contributed by atoms with Gasteiger partial charge in [-0.3, -0.25) is 9.48 Å². The van der Waals surface area contributed by atoms with Crippen molar-refractivity contribution >= 4 is 5.78 Å². The average Bonchev–Trinajstić information content (AvgIpc) is 2.47. The van der Waals surface area contributed by atoms with Gasteiger partial charge >= 0.3 is 0 Å². The summed E-state index contributed by atoms with van der Waals surface area (Å²) in [5, 5.41) is 3.89. The molecule has 0 aliphatic rings. The predicted octanol–water partition coefficient (Wildman–Crippen LogP) is 1.02. The Kier molecular flexibility index (Phi) is 2.65. The highest BCUT2D eigenvalue weighted by Crippen LogP contribution is 2.02. The zero-order valence-electron chi connectivity index (χ0n) is 6.95. The van der Waals surface area contributed by atoms with E-state index in [9.17, 15) is 4.79 Å². The predicted molar refractivity (Wildman–Crippen MR) is 45.6 cm³/mol. The molecule has 12 heavy (non-hydrogen) atoms. The Balaban J connectivity index is 2.67. The van der Waals surface area contributed by atoms with E-state index in [-0.39, 0.29) is 5.78 Å². The lowest BCUT2D eigenvalue weighted by molar-refractivity contribution is 0.0975. The van der Waals surface area contributed by atoms with Crippen LogP contribution in [0.5, 0.6) is 0 Å². The van der Waals surface area contributed by atoms with Crippen LogP contribution < -0.4 is 0 Å². The number of aromatic nitrogens is 2. The van der Waals surface area contributed by atoms with Crippen LogP contribution in [0.15, 0.2) is 12.3 Å². The lowest BCUT2D eigenvalue weighted by atomic mass is 10.2. The Labute approximate surface area is 71.4 Å². The van der Waals surface area contributed by atoms with Crippen LogP contribution in [0, 0.1) is 12.3 Å². The first kappa shape index (κ1) is 8.54. The van der Waals surface area contributed by atoms with Gasteiger partial charge in [-0.15, -0.1) is 12.3 Å². The number of terminal acetylenes is 1. The molecular formula is C9H10N2O. The van der Waals surface area contributed by atoms with Crippen LogP contribution in [0.3, 0.4) is 0 Å². The van der Waals surface area contributed by atoms with Gasteiger partial charge in [-0.05, 0) is 6.07 Å². The molecule has 0 unspecified atom stereocenters. The number of nitrogens with zero attached hydrogens (tertiary/aromatic N) is 2. The maximum atomic E-state index is 11.3. The fourth-order valence-electron chi connectivity index (χ4n) is 0.961. The number of hydrogen-bond acceptors (Lipinski definition) is 2. The normalized spacial score (nSPS) is 9.33. The molecule has 1 aromatic heterocycles. The molecule has 0 aromatic carbocycles. The number of carbonyl (C=O) groups excluding carboxylic acids is 1. The van der Waals surface area contributed by atoms with Crippen molar-refractivity contribution in [3.8, 4) is 12.3 Å². The summed E-state index contributed by atoms with van der Waals surface area (Å²) < 4.78 is 1.55. The van der Waals surface area contributed by atoms with Gasteiger partial charge in [0.05, 0.1) is 0 Å². The van der Waals surface area contributed by atoms with E-state index >= 15 is 0 Å². The molecule has 0 aliphatic heterocycles. The third-order valence-electron chi connectivity index (χ3n) is 1.60. The minimum absolute atomic E-state index is 0.0490. The van der Waals surface area contributed by atoms with Gasteiger partial charge in [0.2, 0.25) is 0 Å². The fraction of sp³-hybridized carbons (Fsp3) is 0.333. The van der Waals surface area contributed by atoms with Gasteiger partial charge in [-0.1, -0.05) is 0 Å². The zero-order valence-corrected chi connectivity index (χ0v) is 6.95. The monoisotopic (exact) mass is 162 g/mol. The van der Waals surface area contributed by atoms with E-state index in [4.69, 9.17) is 6.42 Å². The Bertz CT molecular complexity index is 320. The quantitative estimate of drug-likeness (QED) is 0.491. The number of hydrogen-bond donors (Lipinski definition) is 0. The first-order chi connectivity index (χ1) is 5.75. The van der Waals surface area contributed by atoms with Crippen molar-refractivity contribution in [3.63, 3.8) is 0 Å². The van der Waals surface area contributed by atoms with Crippen molar-refractivity contribution in [2.45, 2.75) is 12.8 Å². The van der Waals surface area contributed by atoms with Crippen molar-refractivity contribution in [3.05, 3.63) is 18.0 Å². The van der Waals surface area contributed by atoms with Crippen LogP contribution in [0.25, 0.3) is 0 Å². The Hall–Kier alpha value is -1.56. The van der Waals surface area contributed by atoms with Crippen LogP contribution in [0.4, 0.5) is 0 Å². The molecule has 1 heterocycles. The maximum absolute atomic E-state index is 11.3. The van der Waals surface area contributed by atoms with Crippen LogP contribution in [0.2, 0.25) is 0 Å². The molecule has 1 rings (SSSR count). The van der Waals surface area contributed by atoms with Gasteiger partial charge in [-0.25, -0.2) is 0 Å². The zero-order chi connectivity index (χ0) is 8.97. The Morgan fingerprint density at radius 3 is 3.08 bits per heavy atom. The summed E-state index contributed by atoms with van der Waals surface area (Å²) in [6.45, 7) is 0. The van der Waals surface area contributed by atoms with E-state index in [1.54, 1.807) is 24.0 Å². The molecule has 0 aliphatic carbocycles. The highest BCUT2D eigenvalue weighted by Gasteiger charge is 2.07. The maximum Gasteiger partial charge on any atom is 0.181 e. The summed E-state index contributed by atoms with van der Waals surface area (Å²) >= 11 is 0. The van der Waals surface area contributed by atoms with Crippen LogP contribution in [0.1, 0.15) is 23.3 Å². The summed E-state index contributed by atoms with van der Waals surface area (Å²) in [6.07, 6.45) is 7.53. The lowest BCUT2D eigenvalue weighted by Gasteiger charge is -1.97. The summed E-state index contributed by atoms with van der Waals surface area (Å²) in [6, 6.07) is 1.69. The number of carbonyl (C=O) groups is 1. The average molecular weight is 162 g/mol. The number of ketones is 1. The van der Waals surface area contributed by atoms with Crippen molar-refractivity contribution < 1.29 is 4.79 Å². The summed E-state index contributed by atoms with van der Waals surface area (Å²) in [4.78, 5) is 11.3. The largest absolute Gasteiger partial charge is 0.292 e. The first-order valence-electron chi connectivity index (χ1n) is 3.70. The Morgan fingerprint density at radius 1 is 1.83 bits per heavy atom. The van der Waals surface area contributed by atoms with E-state index in [2.05, 4.69) is 11.0 Å². The summed E-state index contributed by atoms with van der Waals surface area (Å²) in [5.41, 5.74) is 0.616. The topological polar surface area (TPSA) is 34.9 Å². The van der Waals surface area contributed by atoms with Crippen LogP contribution in [-0.4, -0.2) is 15.6 Å². The van der Waals surface area contributed by atoms with Crippen molar-refractivity contribution in [2.24, 2.45) is 7.05 Å². The smallest absolute Gasteiger partial charge is 0.181 e. The number of rotatable bonds is 3. The highest BCUT2D eigenvalue weighted by molar-refractivity contribution is 5.94. The summed E-state index contributed by atoms with van der Waals surface area (Å²) in [5.74, 6) is 2.48. The third-order valence-corrected chi connectivity index (χ3v) is 1.60. The van der Waals surface area contributed by atoms with E-state index in [1.165, 1.54) is 0 Å². The van der Waals surface area contributed by atoms with Crippen molar-refractivity contribution in [2.75, 3.05) is 0 Å². The van der Waals surface area contributed by atoms with E-state index in [0.29, 0.717) is 18.5 Å². The third kappa shape index (κ3) is 1.73. The van der Waals surface area contributed by atoms with Gasteiger partial charge in [0.25, 0.3) is 0 Å². The second-order valence-corrected chi connectivity index (χ2v) is 2.47. The van der Waals surface area contributed by atoms with Crippen LogP contribution in [-0.2, 0) is 7.05 Å². The van der Waals surface area contributed by atoms with Gasteiger partial charge in [0, 0.05) is 26.1 Å². The molecule has 0 fully saturated rings. The van der Waals surface area contributed by atoms with Gasteiger partial charge in [0.15, 0.2) is 5.78 Å². The van der Waals surface area contributed by atoms with Gasteiger partial charge in [-0.2, -0.15) is 5.10 Å². The SMILES string of the molecule is C#CCCC(=O)c1ccnn1C. The van der Waals surface area contributed by atoms with Gasteiger partial charge < -0.3 is 0 Å². The van der Waals surface area contributed by atoms with E-state index in [1.807, 2.05) is 0 Å². The molecule has 0 amide bonds. The fourth-order valence-corrected chi connectivity index (χ4v) is 0.961. The second-order valence-electron chi connectivity index (χ2n) is 2.47. The molecule has 0 atom stereocenters. The molecule has 0 N–H and O–H groups in total. The molecule has 0 saturated heterocycles. The molecular weight excluding hydrogens is 152 g/mol. The number of aryl methyl sites for hydroxylation is 1. The first-order valence-corrected chi connectivity index (χ1v) is 3.70. The van der Waals surface area contributed by atoms with E-state index in [0.717, 1.165) is 0 Å². The van der Waals surface area contributed by atoms with Gasteiger partial charge in [0.1, 0.15) is 5.69 Å². The molecule has 3 nitrogen and oxygen atoms in total. The van der Waals surface area contributed by atoms with Crippen molar-refractivity contribution in [1.82, 2.24) is 9.78 Å². The number of Topliss-reactive ketones (excluding diaryl/α,β-unsaturated/α-hetero) is 1. The van der Waals surface area contributed by atoms with E-state index < -0.39 is 0 Å². The molecule has 3 heteroatoms. The molecule has 0 radical (unpaired) electrons. The minimum Gasteiger partial charge on any atom is -0.292 e. The molecule has 62 valence electrons. The molecule has 0 saturated carbocycles. The minimum atomic E-state index is 0.0490. The molecule has 0 spiro atoms. The highest BCUT2D eigenvalue weighted by atomic mass is 16.1. The lowest BCUT2D eigenvalue weighted by Crippen LogP contribution is -2.06. The summed E-state index contributed by atoms with van der Waals surface area (Å²) in [7, 11) is 1.74. The second kappa shape index (κ2) is 3.72. The Morgan fingerprint density at radius 2 is 2.58 bits per heavy atom. The standard InChI is InChI=1S/C9H10N2O/c1-3-4-5-9(12)8-6-7-10-11(8)2/h1,6-7H,4-5H2,2H3. The van der Waals surface area contributed by atoms with Crippen LogP contribution >= 0.6 is 0 Å². The molecule has 0 bridgehead atoms.